The molecule has 0 amide bonds. The van der Waals surface area contributed by atoms with Gasteiger partial charge < -0.3 is 10.5 Å². The van der Waals surface area contributed by atoms with Crippen LogP contribution in [0.2, 0.25) is 0 Å². The van der Waals surface area contributed by atoms with E-state index in [0.29, 0.717) is 17.3 Å². The van der Waals surface area contributed by atoms with Crippen LogP contribution < -0.4 is 10.5 Å². The number of halogens is 1. The summed E-state index contributed by atoms with van der Waals surface area (Å²) in [6, 6.07) is 10.3. The van der Waals surface area contributed by atoms with Gasteiger partial charge in [0.25, 0.3) is 0 Å². The van der Waals surface area contributed by atoms with Gasteiger partial charge in [0, 0.05) is 5.56 Å². The van der Waals surface area contributed by atoms with Gasteiger partial charge in [0.15, 0.2) is 0 Å². The first-order chi connectivity index (χ1) is 9.47. The minimum absolute atomic E-state index is 0.258. The maximum Gasteiger partial charge on any atom is 0.123 e. The molecule has 2 aromatic rings. The first-order valence-corrected chi connectivity index (χ1v) is 6.66. The lowest BCUT2D eigenvalue weighted by molar-refractivity contribution is 0.303. The summed E-state index contributed by atoms with van der Waals surface area (Å²) >= 11 is 4.95. The summed E-state index contributed by atoms with van der Waals surface area (Å²) in [6.07, 6.45) is 0. The zero-order valence-corrected chi connectivity index (χ0v) is 12.3. The number of benzene rings is 2. The van der Waals surface area contributed by atoms with Gasteiger partial charge in [-0.3, -0.25) is 0 Å². The number of ether oxygens (including phenoxy) is 1. The van der Waals surface area contributed by atoms with E-state index in [1.165, 1.54) is 12.1 Å². The lowest BCUT2D eigenvalue weighted by atomic mass is 10.1. The average molecular weight is 289 g/mol. The molecule has 2 aromatic carbocycles. The second-order valence-corrected chi connectivity index (χ2v) is 5.14. The fourth-order valence-corrected chi connectivity index (χ4v) is 2.07. The quantitative estimate of drug-likeness (QED) is 0.873. The Bertz CT molecular complexity index is 655. The molecule has 0 heterocycles. The summed E-state index contributed by atoms with van der Waals surface area (Å²) in [6.45, 7) is 4.23. The molecule has 20 heavy (non-hydrogen) atoms. The molecule has 0 unspecified atom stereocenters. The van der Waals surface area contributed by atoms with Crippen molar-refractivity contribution in [2.24, 2.45) is 5.73 Å². The van der Waals surface area contributed by atoms with Crippen molar-refractivity contribution in [1.29, 1.82) is 0 Å². The summed E-state index contributed by atoms with van der Waals surface area (Å²) in [5.74, 6) is 0.427. The van der Waals surface area contributed by atoms with Gasteiger partial charge >= 0.3 is 0 Å². The third kappa shape index (κ3) is 3.33. The van der Waals surface area contributed by atoms with E-state index in [1.54, 1.807) is 6.07 Å². The second kappa shape index (κ2) is 6.01. The fourth-order valence-electron chi connectivity index (χ4n) is 1.94. The van der Waals surface area contributed by atoms with E-state index in [9.17, 15) is 4.39 Å². The van der Waals surface area contributed by atoms with Gasteiger partial charge in [0.05, 0.1) is 0 Å². The monoisotopic (exact) mass is 289 g/mol. The molecule has 0 aliphatic heterocycles. The van der Waals surface area contributed by atoms with Crippen LogP contribution >= 0.6 is 12.2 Å². The highest BCUT2D eigenvalue weighted by atomic mass is 32.1. The fraction of sp³-hybridized carbons (Fsp3) is 0.188. The highest BCUT2D eigenvalue weighted by Crippen LogP contribution is 2.21. The highest BCUT2D eigenvalue weighted by Gasteiger charge is 2.05. The highest BCUT2D eigenvalue weighted by molar-refractivity contribution is 7.80. The standard InChI is InChI=1S/C16H16FNOS/c1-10-7-12(16(18)20)3-4-13(10)9-19-15-6-5-14(17)8-11(15)2/h3-8H,9H2,1-2H3,(H2,18,20). The van der Waals surface area contributed by atoms with Crippen LogP contribution in [-0.2, 0) is 6.61 Å². The van der Waals surface area contributed by atoms with E-state index in [0.717, 1.165) is 22.3 Å². The lowest BCUT2D eigenvalue weighted by Crippen LogP contribution is -2.10. The van der Waals surface area contributed by atoms with Crippen LogP contribution in [0.15, 0.2) is 36.4 Å². The molecule has 0 bridgehead atoms. The number of aryl methyl sites for hydroxylation is 2. The average Bonchev–Trinajstić information content (AvgIpc) is 2.38. The zero-order chi connectivity index (χ0) is 14.7. The van der Waals surface area contributed by atoms with Gasteiger partial charge in [-0.2, -0.15) is 0 Å². The number of hydrogen-bond donors (Lipinski definition) is 1. The lowest BCUT2D eigenvalue weighted by Gasteiger charge is -2.12. The zero-order valence-electron chi connectivity index (χ0n) is 11.4. The van der Waals surface area contributed by atoms with Crippen LogP contribution in [0.4, 0.5) is 4.39 Å². The molecule has 0 aromatic heterocycles. The van der Waals surface area contributed by atoms with E-state index in [-0.39, 0.29) is 5.82 Å². The Labute approximate surface area is 123 Å². The SMILES string of the molecule is Cc1cc(C(N)=S)ccc1COc1ccc(F)cc1C. The number of thiocarbonyl (C=S) groups is 1. The molecule has 0 spiro atoms. The Morgan fingerprint density at radius 2 is 1.90 bits per heavy atom. The molecule has 0 fully saturated rings. The first kappa shape index (κ1) is 14.5. The number of nitrogens with two attached hydrogens (primary N) is 1. The van der Waals surface area contributed by atoms with Crippen LogP contribution in [-0.4, -0.2) is 4.99 Å². The van der Waals surface area contributed by atoms with Crippen molar-refractivity contribution < 1.29 is 9.13 Å². The van der Waals surface area contributed by atoms with Crippen molar-refractivity contribution in [3.8, 4) is 5.75 Å². The third-order valence-corrected chi connectivity index (χ3v) is 3.38. The third-order valence-electron chi connectivity index (χ3n) is 3.15. The Balaban J connectivity index is 2.13. The van der Waals surface area contributed by atoms with Crippen molar-refractivity contribution in [3.63, 3.8) is 0 Å². The van der Waals surface area contributed by atoms with E-state index in [1.807, 2.05) is 32.0 Å². The maximum absolute atomic E-state index is 13.0. The molecule has 0 aliphatic rings. The van der Waals surface area contributed by atoms with Crippen molar-refractivity contribution in [2.45, 2.75) is 20.5 Å². The molecule has 2 rings (SSSR count). The van der Waals surface area contributed by atoms with Crippen LogP contribution in [0.5, 0.6) is 5.75 Å². The van der Waals surface area contributed by atoms with Crippen molar-refractivity contribution >= 4 is 17.2 Å². The minimum atomic E-state index is -0.258. The topological polar surface area (TPSA) is 35.2 Å². The van der Waals surface area contributed by atoms with E-state index in [2.05, 4.69) is 0 Å². The van der Waals surface area contributed by atoms with Gasteiger partial charge in [-0.25, -0.2) is 4.39 Å². The van der Waals surface area contributed by atoms with Crippen LogP contribution in [0, 0.1) is 19.7 Å². The van der Waals surface area contributed by atoms with Crippen molar-refractivity contribution in [3.05, 3.63) is 64.5 Å². The molecule has 104 valence electrons. The van der Waals surface area contributed by atoms with Gasteiger partial charge in [0.1, 0.15) is 23.2 Å². The van der Waals surface area contributed by atoms with E-state index >= 15 is 0 Å². The molecule has 2 nitrogen and oxygen atoms in total. The van der Waals surface area contributed by atoms with Crippen LogP contribution in [0.25, 0.3) is 0 Å². The molecule has 0 radical (unpaired) electrons. The first-order valence-electron chi connectivity index (χ1n) is 6.25. The summed E-state index contributed by atoms with van der Waals surface area (Å²) in [5.41, 5.74) is 9.34. The summed E-state index contributed by atoms with van der Waals surface area (Å²) < 4.78 is 18.7. The summed E-state index contributed by atoms with van der Waals surface area (Å²) in [5, 5.41) is 0. The van der Waals surface area contributed by atoms with Gasteiger partial charge in [-0.05, 0) is 54.8 Å². The molecular weight excluding hydrogens is 273 g/mol. The second-order valence-electron chi connectivity index (χ2n) is 4.70. The smallest absolute Gasteiger partial charge is 0.123 e. The molecule has 0 saturated carbocycles. The predicted octanol–water partition coefficient (Wildman–Crippen LogP) is 3.66. The normalized spacial score (nSPS) is 10.3. The van der Waals surface area contributed by atoms with Gasteiger partial charge in [-0.15, -0.1) is 0 Å². The summed E-state index contributed by atoms with van der Waals surface area (Å²) in [7, 11) is 0. The molecule has 0 saturated heterocycles. The Hall–Kier alpha value is -1.94. The van der Waals surface area contributed by atoms with Crippen molar-refractivity contribution in [2.75, 3.05) is 0 Å². The molecule has 4 heteroatoms. The predicted molar refractivity (Wildman–Crippen MR) is 82.5 cm³/mol. The minimum Gasteiger partial charge on any atom is -0.489 e. The molecule has 0 atom stereocenters. The summed E-state index contributed by atoms with van der Waals surface area (Å²) in [4.78, 5) is 0.384. The largest absolute Gasteiger partial charge is 0.489 e. The van der Waals surface area contributed by atoms with Crippen LogP contribution in [0.3, 0.4) is 0 Å². The van der Waals surface area contributed by atoms with E-state index in [4.69, 9.17) is 22.7 Å². The Morgan fingerprint density at radius 1 is 1.15 bits per heavy atom. The molecule has 2 N–H and O–H groups in total. The number of rotatable bonds is 4. The number of hydrogen-bond acceptors (Lipinski definition) is 2. The Kier molecular flexibility index (Phi) is 4.35. The maximum atomic E-state index is 13.0. The van der Waals surface area contributed by atoms with Gasteiger partial charge in [-0.1, -0.05) is 24.4 Å². The molecule has 0 aliphatic carbocycles. The van der Waals surface area contributed by atoms with Gasteiger partial charge in [0.2, 0.25) is 0 Å². The molecular formula is C16H16FNOS. The van der Waals surface area contributed by atoms with Crippen LogP contribution in [0.1, 0.15) is 22.3 Å². The van der Waals surface area contributed by atoms with E-state index < -0.39 is 0 Å². The van der Waals surface area contributed by atoms with Crippen molar-refractivity contribution in [1.82, 2.24) is 0 Å². The Morgan fingerprint density at radius 3 is 2.50 bits per heavy atom.